The highest BCUT2D eigenvalue weighted by molar-refractivity contribution is 5.95. The number of ether oxygens (including phenoxy) is 1. The van der Waals surface area contributed by atoms with Gasteiger partial charge in [0.25, 0.3) is 0 Å². The highest BCUT2D eigenvalue weighted by Crippen LogP contribution is 2.40. The van der Waals surface area contributed by atoms with Crippen molar-refractivity contribution in [3.63, 3.8) is 0 Å². The van der Waals surface area contributed by atoms with E-state index >= 15 is 0 Å². The molecule has 8 heteroatoms. The number of allylic oxidation sites excluding steroid dienone is 1. The van der Waals surface area contributed by atoms with Crippen molar-refractivity contribution in [2.75, 3.05) is 18.6 Å². The fraction of sp³-hybridized carbons (Fsp3) is 0.280. The monoisotopic (exact) mass is 448 g/mol. The summed E-state index contributed by atoms with van der Waals surface area (Å²) in [6.07, 6.45) is 3.13. The molecule has 0 spiro atoms. The maximum absolute atomic E-state index is 14.1. The standard InChI is InChI=1S/C16H15FN2O.C9H10N2O2/c1-2-6-16(20)13-10-15-12(17)9-14(19(15)18-13)11-7-4-3-5-8-11;1-11-8(12)4-6-13-7-3-2-5-10-9(7)11/h2-5,7-8,10,12,14H,1,6,9H2;2-3,5H,4,6H2,1H3. The van der Waals surface area contributed by atoms with E-state index in [0.717, 1.165) is 5.56 Å². The lowest BCUT2D eigenvalue weighted by atomic mass is 10.0. The van der Waals surface area contributed by atoms with Crippen LogP contribution in [0.3, 0.4) is 0 Å². The van der Waals surface area contributed by atoms with Gasteiger partial charge in [0.1, 0.15) is 11.9 Å². The second kappa shape index (κ2) is 9.77. The number of amides is 1. The number of hydrogen-bond donors (Lipinski definition) is 0. The van der Waals surface area contributed by atoms with E-state index in [0.29, 0.717) is 42.4 Å². The van der Waals surface area contributed by atoms with Gasteiger partial charge in [0.15, 0.2) is 17.4 Å². The Hall–Kier alpha value is -3.81. The molecule has 3 aromatic rings. The van der Waals surface area contributed by atoms with Gasteiger partial charge in [-0.2, -0.15) is 5.10 Å². The van der Waals surface area contributed by atoms with Crippen molar-refractivity contribution < 1.29 is 18.7 Å². The Kier molecular flexibility index (Phi) is 6.63. The lowest BCUT2D eigenvalue weighted by Crippen LogP contribution is -2.25. The Bertz CT molecular complexity index is 1160. The summed E-state index contributed by atoms with van der Waals surface area (Å²) in [5, 5.41) is 4.30. The van der Waals surface area contributed by atoms with Gasteiger partial charge in [0.05, 0.1) is 24.8 Å². The van der Waals surface area contributed by atoms with E-state index < -0.39 is 6.17 Å². The van der Waals surface area contributed by atoms with Crippen molar-refractivity contribution >= 4 is 17.5 Å². The highest BCUT2D eigenvalue weighted by Gasteiger charge is 2.34. The van der Waals surface area contributed by atoms with Gasteiger partial charge in [-0.3, -0.25) is 19.2 Å². The lowest BCUT2D eigenvalue weighted by Gasteiger charge is -2.13. The number of carbonyl (C=O) groups excluding carboxylic acids is 2. The normalized spacial score (nSPS) is 18.8. The summed E-state index contributed by atoms with van der Waals surface area (Å²) in [4.78, 5) is 28.8. The quantitative estimate of drug-likeness (QED) is 0.435. The molecule has 2 atom stereocenters. The van der Waals surface area contributed by atoms with Gasteiger partial charge >= 0.3 is 0 Å². The number of alkyl halides is 1. The second-order valence-corrected chi connectivity index (χ2v) is 7.82. The number of fused-ring (bicyclic) bond motifs is 2. The molecule has 2 unspecified atom stereocenters. The second-order valence-electron chi connectivity index (χ2n) is 7.82. The van der Waals surface area contributed by atoms with Crippen LogP contribution in [-0.4, -0.2) is 40.1 Å². The number of rotatable bonds is 4. The molecule has 0 saturated heterocycles. The lowest BCUT2D eigenvalue weighted by molar-refractivity contribution is -0.118. The molecule has 4 heterocycles. The summed E-state index contributed by atoms with van der Waals surface area (Å²) in [5.41, 5.74) is 1.83. The van der Waals surface area contributed by atoms with Crippen LogP contribution >= 0.6 is 0 Å². The molecule has 7 nitrogen and oxygen atoms in total. The van der Waals surface area contributed by atoms with Crippen molar-refractivity contribution in [2.45, 2.75) is 31.5 Å². The minimum atomic E-state index is -1.07. The third-order valence-corrected chi connectivity index (χ3v) is 5.63. The number of ketones is 1. The number of halogens is 1. The van der Waals surface area contributed by atoms with Gasteiger partial charge in [-0.25, -0.2) is 9.37 Å². The minimum absolute atomic E-state index is 0.0393. The fourth-order valence-corrected chi connectivity index (χ4v) is 3.91. The van der Waals surface area contributed by atoms with E-state index in [1.54, 1.807) is 30.1 Å². The van der Waals surface area contributed by atoms with Crippen LogP contribution in [-0.2, 0) is 4.79 Å². The van der Waals surface area contributed by atoms with Gasteiger partial charge in [-0.1, -0.05) is 36.4 Å². The van der Waals surface area contributed by atoms with Crippen LogP contribution in [0.25, 0.3) is 0 Å². The van der Waals surface area contributed by atoms with E-state index in [1.807, 2.05) is 36.4 Å². The van der Waals surface area contributed by atoms with Gasteiger partial charge in [0.2, 0.25) is 5.91 Å². The number of anilines is 1. The first kappa shape index (κ1) is 22.4. The Balaban J connectivity index is 0.000000172. The summed E-state index contributed by atoms with van der Waals surface area (Å²) < 4.78 is 21.1. The predicted molar refractivity (Wildman–Crippen MR) is 122 cm³/mol. The van der Waals surface area contributed by atoms with Crippen LogP contribution in [0.1, 0.15) is 53.2 Å². The highest BCUT2D eigenvalue weighted by atomic mass is 19.1. The maximum atomic E-state index is 14.1. The molecule has 1 aromatic carbocycles. The van der Waals surface area contributed by atoms with Crippen molar-refractivity contribution in [1.29, 1.82) is 0 Å². The molecule has 0 aliphatic carbocycles. The zero-order valence-corrected chi connectivity index (χ0v) is 18.4. The van der Waals surface area contributed by atoms with Crippen LogP contribution in [0.4, 0.5) is 10.2 Å². The Morgan fingerprint density at radius 2 is 2.06 bits per heavy atom. The van der Waals surface area contributed by atoms with E-state index in [9.17, 15) is 14.0 Å². The molecular weight excluding hydrogens is 423 g/mol. The number of hydrogen-bond acceptors (Lipinski definition) is 5. The van der Waals surface area contributed by atoms with Crippen LogP contribution in [0.2, 0.25) is 0 Å². The average molecular weight is 448 g/mol. The first-order valence-electron chi connectivity index (χ1n) is 10.8. The van der Waals surface area contributed by atoms with Crippen molar-refractivity contribution in [1.82, 2.24) is 14.8 Å². The van der Waals surface area contributed by atoms with Gasteiger partial charge in [0, 0.05) is 26.1 Å². The Labute approximate surface area is 191 Å². The zero-order chi connectivity index (χ0) is 23.4. The SMILES string of the molecule is C=CCC(=O)c1cc2n(n1)C(c1ccccc1)CC2F.CN1C(=O)CCOc2cccnc21. The number of benzene rings is 1. The third-order valence-electron chi connectivity index (χ3n) is 5.63. The molecule has 0 N–H and O–H groups in total. The first-order valence-corrected chi connectivity index (χ1v) is 10.8. The molecular formula is C25H25FN4O3. The number of carbonyl (C=O) groups is 2. The minimum Gasteiger partial charge on any atom is -0.489 e. The number of aromatic nitrogens is 3. The summed E-state index contributed by atoms with van der Waals surface area (Å²) >= 11 is 0. The average Bonchev–Trinajstić information content (AvgIpc) is 3.36. The largest absolute Gasteiger partial charge is 0.489 e. The molecule has 33 heavy (non-hydrogen) atoms. The van der Waals surface area contributed by atoms with E-state index in [1.165, 1.54) is 11.0 Å². The maximum Gasteiger partial charge on any atom is 0.231 e. The van der Waals surface area contributed by atoms with Crippen molar-refractivity contribution in [3.05, 3.63) is 84.3 Å². The fourth-order valence-electron chi connectivity index (χ4n) is 3.91. The summed E-state index contributed by atoms with van der Waals surface area (Å²) in [5.74, 6) is 1.19. The Morgan fingerprint density at radius 3 is 2.82 bits per heavy atom. The Morgan fingerprint density at radius 1 is 1.27 bits per heavy atom. The van der Waals surface area contributed by atoms with E-state index in [4.69, 9.17) is 4.74 Å². The topological polar surface area (TPSA) is 77.3 Å². The van der Waals surface area contributed by atoms with Gasteiger partial charge < -0.3 is 4.74 Å². The van der Waals surface area contributed by atoms with E-state index in [-0.39, 0.29) is 24.2 Å². The molecule has 0 radical (unpaired) electrons. The zero-order valence-electron chi connectivity index (χ0n) is 18.4. The summed E-state index contributed by atoms with van der Waals surface area (Å²) in [6, 6.07) is 14.7. The molecule has 2 aliphatic heterocycles. The number of nitrogens with zero attached hydrogens (tertiary/aromatic N) is 4. The summed E-state index contributed by atoms with van der Waals surface area (Å²) in [6.45, 7) is 3.97. The number of pyridine rings is 1. The van der Waals surface area contributed by atoms with Crippen LogP contribution < -0.4 is 9.64 Å². The predicted octanol–water partition coefficient (Wildman–Crippen LogP) is 4.47. The van der Waals surface area contributed by atoms with Gasteiger partial charge in [-0.05, 0) is 23.8 Å². The molecule has 1 amide bonds. The molecule has 5 rings (SSSR count). The van der Waals surface area contributed by atoms with Crippen molar-refractivity contribution in [3.8, 4) is 5.75 Å². The van der Waals surface area contributed by atoms with Gasteiger partial charge in [-0.15, -0.1) is 6.58 Å². The molecule has 0 bridgehead atoms. The van der Waals surface area contributed by atoms with Crippen LogP contribution in [0, 0.1) is 0 Å². The van der Waals surface area contributed by atoms with Crippen LogP contribution in [0.15, 0.2) is 67.4 Å². The molecule has 170 valence electrons. The molecule has 0 saturated carbocycles. The molecule has 0 fully saturated rings. The third kappa shape index (κ3) is 4.69. The molecule has 2 aromatic heterocycles. The van der Waals surface area contributed by atoms with E-state index in [2.05, 4.69) is 16.7 Å². The summed E-state index contributed by atoms with van der Waals surface area (Å²) in [7, 11) is 1.71. The van der Waals surface area contributed by atoms with Crippen molar-refractivity contribution in [2.24, 2.45) is 0 Å². The molecule has 2 aliphatic rings. The van der Waals surface area contributed by atoms with Crippen LogP contribution in [0.5, 0.6) is 5.75 Å². The number of Topliss-reactive ketones (excluding diaryl/α,β-unsaturated/α-hetero) is 1. The first-order chi connectivity index (χ1) is 16.0. The smallest absolute Gasteiger partial charge is 0.231 e.